The molecule has 0 fully saturated rings. The van der Waals surface area contributed by atoms with Crippen LogP contribution < -0.4 is 10.6 Å². The van der Waals surface area contributed by atoms with Crippen molar-refractivity contribution in [2.45, 2.75) is 31.2 Å². The smallest absolute Gasteiger partial charge is 0.287 e. The van der Waals surface area contributed by atoms with E-state index >= 15 is 0 Å². The first-order chi connectivity index (χ1) is 14.3. The van der Waals surface area contributed by atoms with Crippen LogP contribution in [0.5, 0.6) is 0 Å². The van der Waals surface area contributed by atoms with Gasteiger partial charge in [-0.15, -0.1) is 4.40 Å². The summed E-state index contributed by atoms with van der Waals surface area (Å²) in [6.07, 6.45) is 0. The van der Waals surface area contributed by atoms with Gasteiger partial charge in [-0.05, 0) is 23.8 Å². The Hall–Kier alpha value is -3.34. The molecule has 0 radical (unpaired) electrons. The minimum absolute atomic E-state index is 0.00699. The van der Waals surface area contributed by atoms with E-state index in [2.05, 4.69) is 25.2 Å². The average molecular weight is 433 g/mol. The molecule has 2 N–H and O–H groups in total. The molecule has 2 heterocycles. The molecule has 0 saturated heterocycles. The topological polar surface area (TPSA) is 109 Å². The highest BCUT2D eigenvalue weighted by atomic mass is 32.2. The summed E-state index contributed by atoms with van der Waals surface area (Å²) in [6, 6.07) is 8.13. The molecule has 3 aromatic rings. The highest BCUT2D eigenvalue weighted by molar-refractivity contribution is 7.90. The Labute approximate surface area is 171 Å². The first kappa shape index (κ1) is 20.0. The lowest BCUT2D eigenvalue weighted by atomic mass is 9.91. The Morgan fingerprint density at radius 3 is 2.63 bits per heavy atom. The van der Waals surface area contributed by atoms with Gasteiger partial charge in [0.25, 0.3) is 10.0 Å². The molecule has 1 atom stereocenters. The van der Waals surface area contributed by atoms with Gasteiger partial charge < -0.3 is 15.2 Å². The molecule has 0 aliphatic carbocycles. The zero-order valence-corrected chi connectivity index (χ0v) is 16.8. The van der Waals surface area contributed by atoms with Crippen molar-refractivity contribution in [2.75, 3.05) is 5.32 Å². The van der Waals surface area contributed by atoms with Gasteiger partial charge in [-0.1, -0.05) is 30.3 Å². The molecule has 11 heteroatoms. The van der Waals surface area contributed by atoms with Gasteiger partial charge >= 0.3 is 0 Å². The Balaban J connectivity index is 1.73. The molecule has 1 aliphatic rings. The van der Waals surface area contributed by atoms with Gasteiger partial charge in [0.05, 0.1) is 12.2 Å². The standard InChI is InChI=1S/C19H17F2N5O3S/c1-10(12-5-3-4-6-13(12)20)17-14(21)7-8-15-18(17)24-19(26-30(15,27)28)22-9-16-23-11(2)29-25-16/h3-8,10H,9H2,1-2H3,(H2,22,24,26). The van der Waals surface area contributed by atoms with Crippen LogP contribution in [0, 0.1) is 18.6 Å². The first-order valence-corrected chi connectivity index (χ1v) is 10.4. The van der Waals surface area contributed by atoms with E-state index in [1.165, 1.54) is 18.2 Å². The number of nitrogens with one attached hydrogen (secondary N) is 2. The van der Waals surface area contributed by atoms with Crippen molar-refractivity contribution in [2.24, 2.45) is 4.40 Å². The number of rotatable bonds is 4. The normalized spacial score (nSPS) is 15.7. The largest absolute Gasteiger partial charge is 0.348 e. The number of nitrogens with zero attached hydrogens (tertiary/aromatic N) is 3. The maximum Gasteiger partial charge on any atom is 0.287 e. The second-order valence-electron chi connectivity index (χ2n) is 6.70. The van der Waals surface area contributed by atoms with Crippen molar-refractivity contribution in [3.8, 4) is 0 Å². The van der Waals surface area contributed by atoms with Crippen LogP contribution in [0.4, 0.5) is 14.5 Å². The molecular formula is C19H17F2N5O3S. The van der Waals surface area contributed by atoms with E-state index in [1.807, 2.05) is 0 Å². The number of aryl methyl sites for hydroxylation is 1. The minimum atomic E-state index is -4.12. The van der Waals surface area contributed by atoms with Crippen LogP contribution in [0.3, 0.4) is 0 Å². The maximum absolute atomic E-state index is 14.8. The summed E-state index contributed by atoms with van der Waals surface area (Å²) < 4.78 is 63.0. The maximum atomic E-state index is 14.8. The lowest BCUT2D eigenvalue weighted by molar-refractivity contribution is 0.387. The lowest BCUT2D eigenvalue weighted by Crippen LogP contribution is -2.35. The van der Waals surface area contributed by atoms with Crippen LogP contribution in [0.25, 0.3) is 0 Å². The van der Waals surface area contributed by atoms with Crippen molar-refractivity contribution in [1.29, 1.82) is 0 Å². The number of anilines is 1. The third kappa shape index (κ3) is 3.63. The summed E-state index contributed by atoms with van der Waals surface area (Å²) in [5, 5.41) is 9.29. The van der Waals surface area contributed by atoms with Crippen LogP contribution in [0.15, 0.2) is 50.2 Å². The van der Waals surface area contributed by atoms with E-state index in [0.29, 0.717) is 11.7 Å². The summed E-state index contributed by atoms with van der Waals surface area (Å²) in [6.45, 7) is 3.25. The fraction of sp³-hybridized carbons (Fsp3) is 0.211. The molecule has 156 valence electrons. The highest BCUT2D eigenvalue weighted by Gasteiger charge is 2.31. The number of benzene rings is 2. The number of sulfonamides is 1. The zero-order valence-electron chi connectivity index (χ0n) is 16.0. The number of aromatic nitrogens is 2. The van der Waals surface area contributed by atoms with E-state index in [4.69, 9.17) is 4.52 Å². The number of hydrogen-bond acceptors (Lipinski definition) is 7. The fourth-order valence-corrected chi connectivity index (χ4v) is 4.39. The zero-order chi connectivity index (χ0) is 21.5. The number of halogens is 2. The molecule has 30 heavy (non-hydrogen) atoms. The SMILES string of the molecule is Cc1nc(CNC2=NS(=O)(=O)c3ccc(F)c(C(C)c4ccccc4F)c3N2)no1. The van der Waals surface area contributed by atoms with Crippen molar-refractivity contribution in [1.82, 2.24) is 15.5 Å². The van der Waals surface area contributed by atoms with E-state index in [1.54, 1.807) is 19.9 Å². The molecule has 1 aromatic heterocycles. The van der Waals surface area contributed by atoms with Crippen molar-refractivity contribution < 1.29 is 21.7 Å². The quantitative estimate of drug-likeness (QED) is 0.651. The number of fused-ring (bicyclic) bond motifs is 1. The van der Waals surface area contributed by atoms with Crippen molar-refractivity contribution >= 4 is 21.7 Å². The van der Waals surface area contributed by atoms with E-state index in [-0.39, 0.29) is 34.2 Å². The van der Waals surface area contributed by atoms with Gasteiger partial charge in [0.15, 0.2) is 5.82 Å². The third-order valence-corrected chi connectivity index (χ3v) is 5.99. The van der Waals surface area contributed by atoms with Crippen LogP contribution in [0.1, 0.15) is 35.7 Å². The predicted molar refractivity (Wildman–Crippen MR) is 104 cm³/mol. The second-order valence-corrected chi connectivity index (χ2v) is 8.27. The molecule has 1 unspecified atom stereocenters. The van der Waals surface area contributed by atoms with E-state index in [0.717, 1.165) is 12.1 Å². The van der Waals surface area contributed by atoms with Crippen LogP contribution in [-0.4, -0.2) is 24.5 Å². The third-order valence-electron chi connectivity index (χ3n) is 4.68. The summed E-state index contributed by atoms with van der Waals surface area (Å²) in [5.74, 6) is -1.42. The molecule has 8 nitrogen and oxygen atoms in total. The highest BCUT2D eigenvalue weighted by Crippen LogP contribution is 2.39. The molecule has 4 rings (SSSR count). The summed E-state index contributed by atoms with van der Waals surface area (Å²) in [4.78, 5) is 3.82. The first-order valence-electron chi connectivity index (χ1n) is 8.98. The van der Waals surface area contributed by atoms with Crippen LogP contribution in [0.2, 0.25) is 0 Å². The lowest BCUT2D eigenvalue weighted by Gasteiger charge is -2.25. The van der Waals surface area contributed by atoms with Crippen LogP contribution in [-0.2, 0) is 16.6 Å². The number of guanidine groups is 1. The van der Waals surface area contributed by atoms with E-state index in [9.17, 15) is 17.2 Å². The summed E-state index contributed by atoms with van der Waals surface area (Å²) in [7, 11) is -4.12. The van der Waals surface area contributed by atoms with E-state index < -0.39 is 27.6 Å². The summed E-state index contributed by atoms with van der Waals surface area (Å²) >= 11 is 0. The monoisotopic (exact) mass is 433 g/mol. The molecule has 0 bridgehead atoms. The van der Waals surface area contributed by atoms with Crippen molar-refractivity contribution in [3.05, 3.63) is 70.9 Å². The van der Waals surface area contributed by atoms with Crippen LogP contribution >= 0.6 is 0 Å². The Morgan fingerprint density at radius 1 is 1.17 bits per heavy atom. The second kappa shape index (κ2) is 7.48. The minimum Gasteiger partial charge on any atom is -0.348 e. The Kier molecular flexibility index (Phi) is 4.98. The Bertz CT molecular complexity index is 1260. The van der Waals surface area contributed by atoms with Gasteiger partial charge in [-0.2, -0.15) is 13.4 Å². The fourth-order valence-electron chi connectivity index (χ4n) is 3.29. The van der Waals surface area contributed by atoms with Gasteiger partial charge in [0, 0.05) is 18.4 Å². The summed E-state index contributed by atoms with van der Waals surface area (Å²) in [5.41, 5.74) is 0.265. The van der Waals surface area contributed by atoms with Gasteiger partial charge in [-0.3, -0.25) is 0 Å². The molecule has 2 aromatic carbocycles. The Morgan fingerprint density at radius 2 is 1.93 bits per heavy atom. The molecule has 0 saturated carbocycles. The molecule has 0 amide bonds. The predicted octanol–water partition coefficient (Wildman–Crippen LogP) is 3.07. The molecule has 0 spiro atoms. The number of hydrogen-bond donors (Lipinski definition) is 2. The van der Waals surface area contributed by atoms with Gasteiger partial charge in [0.1, 0.15) is 16.5 Å². The molecular weight excluding hydrogens is 416 g/mol. The molecule has 1 aliphatic heterocycles. The average Bonchev–Trinajstić information content (AvgIpc) is 3.11. The van der Waals surface area contributed by atoms with Crippen molar-refractivity contribution in [3.63, 3.8) is 0 Å². The van der Waals surface area contributed by atoms with Gasteiger partial charge in [0.2, 0.25) is 11.9 Å². The van der Waals surface area contributed by atoms with Gasteiger partial charge in [-0.25, -0.2) is 8.78 Å².